The molecule has 0 radical (unpaired) electrons. The van der Waals surface area contributed by atoms with Gasteiger partial charge in [0.05, 0.1) is 40.2 Å². The first kappa shape index (κ1) is 22.6. The molecule has 1 aliphatic rings. The molecule has 0 saturated carbocycles. The Morgan fingerprint density at radius 1 is 1.03 bits per heavy atom. The Balaban J connectivity index is 1.35. The molecule has 0 spiro atoms. The van der Waals surface area contributed by atoms with Gasteiger partial charge in [-0.25, -0.2) is 9.97 Å². The number of carbonyl (C=O) groups excluding carboxylic acids is 1. The summed E-state index contributed by atoms with van der Waals surface area (Å²) in [6.45, 7) is 2.53. The van der Waals surface area contributed by atoms with Crippen molar-refractivity contribution in [2.45, 2.75) is 5.16 Å². The van der Waals surface area contributed by atoms with Gasteiger partial charge in [0.25, 0.3) is 5.56 Å². The fraction of sp³-hybridized carbons (Fsp3) is 0.200. The van der Waals surface area contributed by atoms with E-state index in [2.05, 4.69) is 20.9 Å². The summed E-state index contributed by atoms with van der Waals surface area (Å²) in [4.78, 5) is 43.4. The summed E-state index contributed by atoms with van der Waals surface area (Å²) in [6.07, 6.45) is 5.02. The van der Waals surface area contributed by atoms with Gasteiger partial charge in [-0.15, -0.1) is 0 Å². The molecule has 1 amide bonds. The van der Waals surface area contributed by atoms with Crippen LogP contribution >= 0.6 is 11.8 Å². The van der Waals surface area contributed by atoms with Crippen LogP contribution in [0.15, 0.2) is 77.1 Å². The quantitative estimate of drug-likeness (QED) is 0.315. The van der Waals surface area contributed by atoms with Gasteiger partial charge in [-0.05, 0) is 36.4 Å². The fourth-order valence-corrected chi connectivity index (χ4v) is 4.89. The number of para-hydroxylation sites is 1. The Labute approximate surface area is 205 Å². The molecule has 0 N–H and O–H groups in total. The van der Waals surface area contributed by atoms with Crippen LogP contribution in [0.25, 0.3) is 16.6 Å². The smallest absolute Gasteiger partial charge is 0.266 e. The van der Waals surface area contributed by atoms with Crippen LogP contribution in [0.5, 0.6) is 0 Å². The summed E-state index contributed by atoms with van der Waals surface area (Å²) in [5, 5.41) is 10.0. The van der Waals surface area contributed by atoms with E-state index in [0.29, 0.717) is 53.5 Å². The second-order valence-corrected chi connectivity index (χ2v) is 8.87. The van der Waals surface area contributed by atoms with Gasteiger partial charge >= 0.3 is 0 Å². The molecule has 5 rings (SSSR count). The summed E-state index contributed by atoms with van der Waals surface area (Å²) >= 11 is 1.24. The third kappa shape index (κ3) is 4.72. The first-order chi connectivity index (χ1) is 17.1. The molecule has 9 nitrogen and oxygen atoms in total. The number of nitrogens with zero attached hydrogens (tertiary/aromatic N) is 7. The molecular formula is C25H21N7O2S. The molecule has 0 atom stereocenters. The van der Waals surface area contributed by atoms with Crippen molar-refractivity contribution in [3.05, 3.63) is 83.0 Å². The number of nitriles is 1. The van der Waals surface area contributed by atoms with Gasteiger partial charge in [-0.2, -0.15) is 5.26 Å². The van der Waals surface area contributed by atoms with Crippen molar-refractivity contribution in [1.82, 2.24) is 24.4 Å². The largest absolute Gasteiger partial charge is 0.352 e. The molecule has 174 valence electrons. The summed E-state index contributed by atoms with van der Waals surface area (Å²) in [7, 11) is 0. The van der Waals surface area contributed by atoms with Crippen LogP contribution in [0, 0.1) is 11.3 Å². The molecule has 1 saturated heterocycles. The highest BCUT2D eigenvalue weighted by Gasteiger charge is 2.23. The molecule has 35 heavy (non-hydrogen) atoms. The Hall–Kier alpha value is -4.23. The predicted octanol–water partition coefficient (Wildman–Crippen LogP) is 2.49. The average molecular weight is 484 g/mol. The number of benzene rings is 2. The van der Waals surface area contributed by atoms with E-state index in [0.717, 1.165) is 5.82 Å². The number of hydrogen-bond acceptors (Lipinski definition) is 8. The second kappa shape index (κ2) is 9.95. The zero-order valence-electron chi connectivity index (χ0n) is 18.7. The van der Waals surface area contributed by atoms with Crippen LogP contribution in [0.1, 0.15) is 5.56 Å². The summed E-state index contributed by atoms with van der Waals surface area (Å²) in [5.74, 6) is 0.954. The third-order valence-corrected chi connectivity index (χ3v) is 6.75. The van der Waals surface area contributed by atoms with E-state index in [1.807, 2.05) is 11.0 Å². The molecule has 1 fully saturated rings. The SMILES string of the molecule is N#Cc1ccc(-n2c(SCC(=O)N3CCN(c4cnccn4)CC3)nc3ccccc3c2=O)cc1. The van der Waals surface area contributed by atoms with E-state index in [4.69, 9.17) is 10.2 Å². The maximum atomic E-state index is 13.4. The monoisotopic (exact) mass is 483 g/mol. The molecule has 0 aliphatic carbocycles. The van der Waals surface area contributed by atoms with Crippen LogP contribution < -0.4 is 10.5 Å². The highest BCUT2D eigenvalue weighted by Crippen LogP contribution is 2.22. The van der Waals surface area contributed by atoms with Gasteiger partial charge in [-0.3, -0.25) is 19.1 Å². The van der Waals surface area contributed by atoms with Crippen LogP contribution in [-0.2, 0) is 4.79 Å². The lowest BCUT2D eigenvalue weighted by Crippen LogP contribution is -2.49. The van der Waals surface area contributed by atoms with E-state index in [1.165, 1.54) is 16.3 Å². The standard InChI is InChI=1S/C25H21N7O2S/c26-15-18-5-7-19(8-6-18)32-24(34)20-3-1-2-4-21(20)29-25(32)35-17-23(33)31-13-11-30(12-14-31)22-16-27-9-10-28-22/h1-10,16H,11-14,17H2. The van der Waals surface area contributed by atoms with Gasteiger partial charge in [0, 0.05) is 38.6 Å². The second-order valence-electron chi connectivity index (χ2n) is 7.93. The Kier molecular flexibility index (Phi) is 6.41. The number of aromatic nitrogens is 4. The van der Waals surface area contributed by atoms with Crippen LogP contribution in [-0.4, -0.2) is 62.3 Å². The molecule has 2 aromatic heterocycles. The Bertz CT molecular complexity index is 1460. The predicted molar refractivity (Wildman–Crippen MR) is 134 cm³/mol. The lowest BCUT2D eigenvalue weighted by atomic mass is 10.2. The minimum absolute atomic E-state index is 0.0115. The van der Waals surface area contributed by atoms with Crippen LogP contribution in [0.3, 0.4) is 0 Å². The van der Waals surface area contributed by atoms with E-state index in [-0.39, 0.29) is 17.2 Å². The van der Waals surface area contributed by atoms with E-state index >= 15 is 0 Å². The van der Waals surface area contributed by atoms with Crippen LogP contribution in [0.4, 0.5) is 5.82 Å². The van der Waals surface area contributed by atoms with E-state index in [1.54, 1.807) is 61.1 Å². The normalized spacial score (nSPS) is 13.6. The molecule has 3 heterocycles. The minimum Gasteiger partial charge on any atom is -0.352 e. The van der Waals surface area contributed by atoms with E-state index in [9.17, 15) is 9.59 Å². The number of hydrogen-bond donors (Lipinski definition) is 0. The molecule has 10 heteroatoms. The highest BCUT2D eigenvalue weighted by atomic mass is 32.2. The lowest BCUT2D eigenvalue weighted by Gasteiger charge is -2.35. The molecule has 2 aromatic carbocycles. The number of amides is 1. The maximum Gasteiger partial charge on any atom is 0.266 e. The highest BCUT2D eigenvalue weighted by molar-refractivity contribution is 7.99. The molecule has 4 aromatic rings. The number of rotatable bonds is 5. The van der Waals surface area contributed by atoms with Gasteiger partial charge < -0.3 is 9.80 Å². The van der Waals surface area contributed by atoms with E-state index < -0.39 is 0 Å². The molecule has 0 unspecified atom stereocenters. The zero-order chi connectivity index (χ0) is 24.2. The fourth-order valence-electron chi connectivity index (χ4n) is 3.98. The van der Waals surface area contributed by atoms with Gasteiger partial charge in [0.2, 0.25) is 5.91 Å². The van der Waals surface area contributed by atoms with Crippen molar-refractivity contribution in [1.29, 1.82) is 5.26 Å². The Morgan fingerprint density at radius 2 is 1.80 bits per heavy atom. The minimum atomic E-state index is -0.215. The number of piperazine rings is 1. The van der Waals surface area contributed by atoms with Crippen molar-refractivity contribution in [2.75, 3.05) is 36.8 Å². The van der Waals surface area contributed by atoms with Crippen molar-refractivity contribution >= 4 is 34.4 Å². The number of carbonyl (C=O) groups is 1. The van der Waals surface area contributed by atoms with Gasteiger partial charge in [-0.1, -0.05) is 23.9 Å². The van der Waals surface area contributed by atoms with Gasteiger partial charge in [0.15, 0.2) is 5.16 Å². The third-order valence-electron chi connectivity index (χ3n) is 5.83. The maximum absolute atomic E-state index is 13.4. The van der Waals surface area contributed by atoms with Crippen molar-refractivity contribution in [3.63, 3.8) is 0 Å². The van der Waals surface area contributed by atoms with Crippen molar-refractivity contribution in [3.8, 4) is 11.8 Å². The average Bonchev–Trinajstić information content (AvgIpc) is 2.92. The first-order valence-corrected chi connectivity index (χ1v) is 12.1. The molecule has 0 bridgehead atoms. The topological polar surface area (TPSA) is 108 Å². The lowest BCUT2D eigenvalue weighted by molar-refractivity contribution is -0.128. The van der Waals surface area contributed by atoms with Gasteiger partial charge in [0.1, 0.15) is 5.82 Å². The summed E-state index contributed by atoms with van der Waals surface area (Å²) in [6, 6.07) is 16.0. The number of thioether (sulfide) groups is 1. The molecular weight excluding hydrogens is 462 g/mol. The Morgan fingerprint density at radius 3 is 2.51 bits per heavy atom. The molecule has 1 aliphatic heterocycles. The summed E-state index contributed by atoms with van der Waals surface area (Å²) < 4.78 is 1.51. The number of fused-ring (bicyclic) bond motifs is 1. The summed E-state index contributed by atoms with van der Waals surface area (Å²) in [5.41, 5.74) is 1.46. The first-order valence-electron chi connectivity index (χ1n) is 11.1. The van der Waals surface area contributed by atoms with Crippen LogP contribution in [0.2, 0.25) is 0 Å². The van der Waals surface area contributed by atoms with Crippen molar-refractivity contribution in [2.24, 2.45) is 0 Å². The number of anilines is 1. The van der Waals surface area contributed by atoms with Crippen molar-refractivity contribution < 1.29 is 4.79 Å². The zero-order valence-corrected chi connectivity index (χ0v) is 19.6.